The molecule has 3 nitrogen and oxygen atoms in total. The van der Waals surface area contributed by atoms with Crippen LogP contribution in [0, 0.1) is 6.92 Å². The molecule has 17 heavy (non-hydrogen) atoms. The normalized spacial score (nSPS) is 18.5. The molecule has 0 unspecified atom stereocenters. The van der Waals surface area contributed by atoms with E-state index >= 15 is 0 Å². The van der Waals surface area contributed by atoms with E-state index in [0.29, 0.717) is 19.8 Å². The topological polar surface area (TPSA) is 27.7 Å². The third-order valence-electron chi connectivity index (χ3n) is 2.71. The van der Waals surface area contributed by atoms with Gasteiger partial charge in [0, 0.05) is 23.4 Å². The Morgan fingerprint density at radius 2 is 1.88 bits per heavy atom. The fraction of sp³-hybridized carbons (Fsp3) is 0.538. The minimum Gasteiger partial charge on any atom is -0.348 e. The van der Waals surface area contributed by atoms with Crippen molar-refractivity contribution in [3.8, 4) is 0 Å². The van der Waals surface area contributed by atoms with E-state index in [1.54, 1.807) is 0 Å². The van der Waals surface area contributed by atoms with Gasteiger partial charge >= 0.3 is 0 Å². The Bertz CT molecular complexity index is 344. The Morgan fingerprint density at radius 3 is 2.53 bits per heavy atom. The molecular formula is C13H18O3S. The fourth-order valence-corrected chi connectivity index (χ4v) is 2.18. The van der Waals surface area contributed by atoms with Crippen LogP contribution >= 0.6 is 12.0 Å². The summed E-state index contributed by atoms with van der Waals surface area (Å²) in [5, 5.41) is 0. The second kappa shape index (κ2) is 5.87. The highest BCUT2D eigenvalue weighted by molar-refractivity contribution is 7.94. The molecule has 0 radical (unpaired) electrons. The van der Waals surface area contributed by atoms with Gasteiger partial charge in [0.1, 0.15) is 0 Å². The van der Waals surface area contributed by atoms with Crippen LogP contribution in [0.2, 0.25) is 0 Å². The number of benzene rings is 1. The predicted octanol–water partition coefficient (Wildman–Crippen LogP) is 3.17. The first-order chi connectivity index (χ1) is 8.18. The smallest absolute Gasteiger partial charge is 0.167 e. The molecular weight excluding hydrogens is 236 g/mol. The molecule has 4 heteroatoms. The lowest BCUT2D eigenvalue weighted by molar-refractivity contribution is -0.150. The summed E-state index contributed by atoms with van der Waals surface area (Å²) >= 11 is 1.40. The van der Waals surface area contributed by atoms with Crippen LogP contribution in [0.5, 0.6) is 0 Å². The molecule has 0 spiro atoms. The maximum atomic E-state index is 5.54. The Labute approximate surface area is 107 Å². The standard InChI is InChI=1S/C13H18O3S/c1-11-3-5-12(6-4-11)17-16-8-7-13(2)14-9-10-15-13/h3-6H,7-10H2,1-2H3. The highest BCUT2D eigenvalue weighted by Gasteiger charge is 2.30. The zero-order chi connectivity index (χ0) is 12.1. The first-order valence-electron chi connectivity index (χ1n) is 5.82. The molecule has 1 fully saturated rings. The van der Waals surface area contributed by atoms with Crippen molar-refractivity contribution in [2.45, 2.75) is 31.0 Å². The highest BCUT2D eigenvalue weighted by Crippen LogP contribution is 2.25. The van der Waals surface area contributed by atoms with Crippen LogP contribution in [-0.4, -0.2) is 25.6 Å². The van der Waals surface area contributed by atoms with Gasteiger partial charge in [-0.25, -0.2) is 0 Å². The van der Waals surface area contributed by atoms with Crippen LogP contribution in [0.25, 0.3) is 0 Å². The van der Waals surface area contributed by atoms with Crippen molar-refractivity contribution in [1.29, 1.82) is 0 Å². The maximum absolute atomic E-state index is 5.54. The summed E-state index contributed by atoms with van der Waals surface area (Å²) in [5.74, 6) is -0.451. The van der Waals surface area contributed by atoms with E-state index in [4.69, 9.17) is 13.7 Å². The average molecular weight is 254 g/mol. The number of ether oxygens (including phenoxy) is 2. The summed E-state index contributed by atoms with van der Waals surface area (Å²) in [5.41, 5.74) is 1.26. The van der Waals surface area contributed by atoms with Crippen molar-refractivity contribution >= 4 is 12.0 Å². The molecule has 0 N–H and O–H groups in total. The Hall–Kier alpha value is -0.550. The Kier molecular flexibility index (Phi) is 4.45. The molecule has 0 saturated carbocycles. The zero-order valence-electron chi connectivity index (χ0n) is 10.3. The van der Waals surface area contributed by atoms with E-state index < -0.39 is 5.79 Å². The van der Waals surface area contributed by atoms with Crippen molar-refractivity contribution in [3.05, 3.63) is 29.8 Å². The molecule has 1 aliphatic rings. The van der Waals surface area contributed by atoms with Gasteiger partial charge in [-0.15, -0.1) is 0 Å². The zero-order valence-corrected chi connectivity index (χ0v) is 11.1. The van der Waals surface area contributed by atoms with Gasteiger partial charge in [-0.1, -0.05) is 17.7 Å². The number of hydrogen-bond donors (Lipinski definition) is 0. The molecule has 0 aliphatic carbocycles. The Balaban J connectivity index is 1.67. The SMILES string of the molecule is Cc1ccc(SOCCC2(C)OCCO2)cc1. The molecule has 1 aromatic carbocycles. The van der Waals surface area contributed by atoms with Gasteiger partial charge in [-0.05, 0) is 26.0 Å². The minimum absolute atomic E-state index is 0.451. The summed E-state index contributed by atoms with van der Waals surface area (Å²) in [6.07, 6.45) is 0.756. The lowest BCUT2D eigenvalue weighted by Gasteiger charge is -2.21. The van der Waals surface area contributed by atoms with E-state index in [0.717, 1.165) is 11.3 Å². The molecule has 1 heterocycles. The molecule has 1 aliphatic heterocycles. The van der Waals surface area contributed by atoms with Crippen LogP contribution < -0.4 is 0 Å². The first kappa shape index (κ1) is 12.9. The van der Waals surface area contributed by atoms with Crippen LogP contribution in [0.15, 0.2) is 29.2 Å². The van der Waals surface area contributed by atoms with Crippen molar-refractivity contribution < 1.29 is 13.7 Å². The van der Waals surface area contributed by atoms with Gasteiger partial charge in [0.05, 0.1) is 19.8 Å². The van der Waals surface area contributed by atoms with Gasteiger partial charge in [-0.3, -0.25) is 0 Å². The van der Waals surface area contributed by atoms with Gasteiger partial charge in [0.15, 0.2) is 5.79 Å². The van der Waals surface area contributed by atoms with Gasteiger partial charge in [-0.2, -0.15) is 0 Å². The first-order valence-corrected chi connectivity index (χ1v) is 6.56. The third-order valence-corrected chi connectivity index (χ3v) is 3.46. The summed E-state index contributed by atoms with van der Waals surface area (Å²) in [6.45, 7) is 6.02. The minimum atomic E-state index is -0.451. The molecule has 0 bridgehead atoms. The molecule has 1 saturated heterocycles. The summed E-state index contributed by atoms with van der Waals surface area (Å²) in [6, 6.07) is 8.28. The predicted molar refractivity (Wildman–Crippen MR) is 67.9 cm³/mol. The van der Waals surface area contributed by atoms with Crippen molar-refractivity contribution in [2.24, 2.45) is 0 Å². The lowest BCUT2D eigenvalue weighted by atomic mass is 10.2. The van der Waals surface area contributed by atoms with Crippen LogP contribution in [-0.2, 0) is 13.7 Å². The average Bonchev–Trinajstić information content (AvgIpc) is 2.74. The van der Waals surface area contributed by atoms with Gasteiger partial charge < -0.3 is 13.7 Å². The molecule has 0 aromatic heterocycles. The number of aryl methyl sites for hydroxylation is 1. The Morgan fingerprint density at radius 1 is 1.24 bits per heavy atom. The third kappa shape index (κ3) is 4.00. The summed E-state index contributed by atoms with van der Waals surface area (Å²) in [7, 11) is 0. The summed E-state index contributed by atoms with van der Waals surface area (Å²) < 4.78 is 16.5. The molecule has 94 valence electrons. The number of hydrogen-bond acceptors (Lipinski definition) is 4. The van der Waals surface area contributed by atoms with Crippen LogP contribution in [0.4, 0.5) is 0 Å². The summed E-state index contributed by atoms with van der Waals surface area (Å²) in [4.78, 5) is 1.12. The van der Waals surface area contributed by atoms with Crippen LogP contribution in [0.3, 0.4) is 0 Å². The van der Waals surface area contributed by atoms with Crippen molar-refractivity contribution in [2.75, 3.05) is 19.8 Å². The van der Waals surface area contributed by atoms with E-state index in [9.17, 15) is 0 Å². The van der Waals surface area contributed by atoms with E-state index in [1.165, 1.54) is 17.6 Å². The molecule has 1 aromatic rings. The second-order valence-electron chi connectivity index (χ2n) is 4.30. The lowest BCUT2D eigenvalue weighted by Crippen LogP contribution is -2.26. The second-order valence-corrected chi connectivity index (χ2v) is 5.17. The fourth-order valence-electron chi connectivity index (χ4n) is 1.63. The van der Waals surface area contributed by atoms with E-state index in [2.05, 4.69) is 31.2 Å². The van der Waals surface area contributed by atoms with Crippen molar-refractivity contribution in [3.63, 3.8) is 0 Å². The van der Waals surface area contributed by atoms with Crippen LogP contribution in [0.1, 0.15) is 18.9 Å². The monoisotopic (exact) mass is 254 g/mol. The molecule has 0 atom stereocenters. The van der Waals surface area contributed by atoms with Crippen molar-refractivity contribution in [1.82, 2.24) is 0 Å². The van der Waals surface area contributed by atoms with E-state index in [-0.39, 0.29) is 0 Å². The van der Waals surface area contributed by atoms with Gasteiger partial charge in [0.25, 0.3) is 0 Å². The molecule has 0 amide bonds. The quantitative estimate of drug-likeness (QED) is 0.596. The van der Waals surface area contributed by atoms with E-state index in [1.807, 2.05) is 6.92 Å². The number of rotatable bonds is 5. The largest absolute Gasteiger partial charge is 0.348 e. The molecule has 2 rings (SSSR count). The van der Waals surface area contributed by atoms with Gasteiger partial charge in [0.2, 0.25) is 0 Å². The maximum Gasteiger partial charge on any atom is 0.167 e. The highest BCUT2D eigenvalue weighted by atomic mass is 32.2.